The van der Waals surface area contributed by atoms with Crippen molar-refractivity contribution in [3.05, 3.63) is 82.6 Å². The van der Waals surface area contributed by atoms with Crippen molar-refractivity contribution in [3.63, 3.8) is 0 Å². The van der Waals surface area contributed by atoms with Gasteiger partial charge in [-0.3, -0.25) is 4.68 Å². The van der Waals surface area contributed by atoms with Gasteiger partial charge in [0.15, 0.2) is 0 Å². The highest BCUT2D eigenvalue weighted by Crippen LogP contribution is 2.47. The lowest BCUT2D eigenvalue weighted by Gasteiger charge is -2.29. The smallest absolute Gasteiger partial charge is 0.336 e. The standard InChI is InChI=1S/C24H25N3O2.ClH/c1-5-29-24(28)19-16(3)25-23-21(20(19)18-14-10-9-11-15(18)2)22(26-27(23)4)17-12-7-6-8-13-17;/h6-14,20,25H,5H2,1-4H3;1H. The highest BCUT2D eigenvalue weighted by atomic mass is 35.5. The molecule has 30 heavy (non-hydrogen) atoms. The Morgan fingerprint density at radius 3 is 2.43 bits per heavy atom. The summed E-state index contributed by atoms with van der Waals surface area (Å²) in [7, 11) is 1.93. The molecule has 156 valence electrons. The summed E-state index contributed by atoms with van der Waals surface area (Å²) in [6, 6.07) is 18.3. The van der Waals surface area contributed by atoms with E-state index in [1.165, 1.54) is 0 Å². The molecule has 3 aromatic rings. The van der Waals surface area contributed by atoms with E-state index < -0.39 is 0 Å². The van der Waals surface area contributed by atoms with Gasteiger partial charge >= 0.3 is 5.97 Å². The molecule has 4 rings (SSSR count). The minimum absolute atomic E-state index is 0. The maximum absolute atomic E-state index is 13.0. The number of carbonyl (C=O) groups is 1. The number of hydrogen-bond acceptors (Lipinski definition) is 4. The maximum atomic E-state index is 13.0. The SMILES string of the molecule is CCOC(=O)C1=C(C)Nc2c(c(-c3ccccc3)nn2C)C1c1ccccc1C.Cl. The van der Waals surface area contributed by atoms with Crippen molar-refractivity contribution in [1.82, 2.24) is 9.78 Å². The zero-order valence-electron chi connectivity index (χ0n) is 17.6. The quantitative estimate of drug-likeness (QED) is 0.585. The molecular weight excluding hydrogens is 398 g/mol. The van der Waals surface area contributed by atoms with Crippen LogP contribution in [0.3, 0.4) is 0 Å². The second-order valence-corrected chi connectivity index (χ2v) is 7.27. The van der Waals surface area contributed by atoms with Crippen LogP contribution in [-0.2, 0) is 16.6 Å². The predicted molar refractivity (Wildman–Crippen MR) is 122 cm³/mol. The van der Waals surface area contributed by atoms with E-state index in [0.717, 1.165) is 39.5 Å². The van der Waals surface area contributed by atoms with Gasteiger partial charge in [0.25, 0.3) is 0 Å². The van der Waals surface area contributed by atoms with Crippen molar-refractivity contribution in [3.8, 4) is 11.3 Å². The summed E-state index contributed by atoms with van der Waals surface area (Å²) < 4.78 is 7.30. The van der Waals surface area contributed by atoms with Crippen LogP contribution in [-0.4, -0.2) is 22.4 Å². The topological polar surface area (TPSA) is 56.1 Å². The lowest BCUT2D eigenvalue weighted by molar-refractivity contribution is -0.138. The number of nitrogens with one attached hydrogen (secondary N) is 1. The van der Waals surface area contributed by atoms with E-state index in [2.05, 4.69) is 24.4 Å². The van der Waals surface area contributed by atoms with Gasteiger partial charge in [-0.25, -0.2) is 4.79 Å². The summed E-state index contributed by atoms with van der Waals surface area (Å²) in [5.41, 5.74) is 6.54. The normalized spacial score (nSPS) is 15.1. The molecule has 1 aromatic heterocycles. The summed E-state index contributed by atoms with van der Waals surface area (Å²) in [5.74, 6) is 0.359. The first-order valence-electron chi connectivity index (χ1n) is 9.85. The Labute approximate surface area is 183 Å². The van der Waals surface area contributed by atoms with Crippen molar-refractivity contribution in [2.75, 3.05) is 11.9 Å². The Balaban J connectivity index is 0.00000256. The number of fused-ring (bicyclic) bond motifs is 1. The lowest BCUT2D eigenvalue weighted by atomic mass is 9.79. The molecule has 0 spiro atoms. The largest absolute Gasteiger partial charge is 0.463 e. The van der Waals surface area contributed by atoms with Crippen LogP contribution < -0.4 is 5.32 Å². The predicted octanol–water partition coefficient (Wildman–Crippen LogP) is 5.21. The monoisotopic (exact) mass is 423 g/mol. The second-order valence-electron chi connectivity index (χ2n) is 7.27. The van der Waals surface area contributed by atoms with Gasteiger partial charge in [0.05, 0.1) is 17.9 Å². The van der Waals surface area contributed by atoms with E-state index in [9.17, 15) is 4.79 Å². The van der Waals surface area contributed by atoms with Gasteiger partial charge in [-0.05, 0) is 31.9 Å². The highest BCUT2D eigenvalue weighted by molar-refractivity contribution is 5.96. The third kappa shape index (κ3) is 3.61. The molecule has 1 atom stereocenters. The summed E-state index contributed by atoms with van der Waals surface area (Å²) >= 11 is 0. The molecule has 2 heterocycles. The number of aromatic nitrogens is 2. The molecule has 5 nitrogen and oxygen atoms in total. The van der Waals surface area contributed by atoms with Gasteiger partial charge in [-0.1, -0.05) is 54.6 Å². The number of anilines is 1. The molecule has 0 fully saturated rings. The van der Waals surface area contributed by atoms with Crippen LogP contribution in [0.2, 0.25) is 0 Å². The fourth-order valence-electron chi connectivity index (χ4n) is 4.08. The van der Waals surface area contributed by atoms with Crippen molar-refractivity contribution in [1.29, 1.82) is 0 Å². The molecular formula is C24H26ClN3O2. The Kier molecular flexibility index (Phi) is 6.32. The first-order valence-corrected chi connectivity index (χ1v) is 9.85. The minimum atomic E-state index is -0.292. The van der Waals surface area contributed by atoms with Gasteiger partial charge in [-0.2, -0.15) is 5.10 Å². The number of rotatable bonds is 4. The summed E-state index contributed by atoms with van der Waals surface area (Å²) in [6.45, 7) is 6.17. The van der Waals surface area contributed by atoms with Crippen molar-refractivity contribution >= 4 is 24.2 Å². The van der Waals surface area contributed by atoms with E-state index >= 15 is 0 Å². The number of allylic oxidation sites excluding steroid dienone is 1. The molecule has 1 N–H and O–H groups in total. The van der Waals surface area contributed by atoms with Crippen LogP contribution in [0.1, 0.15) is 36.5 Å². The van der Waals surface area contributed by atoms with Crippen molar-refractivity contribution in [2.45, 2.75) is 26.7 Å². The van der Waals surface area contributed by atoms with E-state index in [0.29, 0.717) is 12.2 Å². The molecule has 1 aliphatic rings. The van der Waals surface area contributed by atoms with Crippen molar-refractivity contribution in [2.24, 2.45) is 7.05 Å². The Bertz CT molecular complexity index is 1100. The van der Waals surface area contributed by atoms with Gasteiger partial charge in [0.1, 0.15) is 5.82 Å². The van der Waals surface area contributed by atoms with Crippen LogP contribution >= 0.6 is 12.4 Å². The molecule has 6 heteroatoms. The zero-order chi connectivity index (χ0) is 20.5. The van der Waals surface area contributed by atoms with E-state index in [4.69, 9.17) is 9.84 Å². The average molecular weight is 424 g/mol. The first kappa shape index (κ1) is 21.7. The molecule has 2 aromatic carbocycles. The van der Waals surface area contributed by atoms with Crippen LogP contribution in [0.25, 0.3) is 11.3 Å². The van der Waals surface area contributed by atoms with E-state index in [-0.39, 0.29) is 24.3 Å². The first-order chi connectivity index (χ1) is 14.0. The van der Waals surface area contributed by atoms with Crippen LogP contribution in [0.5, 0.6) is 0 Å². The van der Waals surface area contributed by atoms with Crippen LogP contribution in [0, 0.1) is 6.92 Å². The number of benzene rings is 2. The molecule has 0 amide bonds. The summed E-state index contributed by atoms with van der Waals surface area (Å²) in [6.07, 6.45) is 0. The Morgan fingerprint density at radius 1 is 1.10 bits per heavy atom. The van der Waals surface area contributed by atoms with Gasteiger partial charge in [0.2, 0.25) is 0 Å². The summed E-state index contributed by atoms with van der Waals surface area (Å²) in [4.78, 5) is 13.0. The summed E-state index contributed by atoms with van der Waals surface area (Å²) in [5, 5.41) is 8.22. The lowest BCUT2D eigenvalue weighted by Crippen LogP contribution is -2.25. The van der Waals surface area contributed by atoms with Crippen LogP contribution in [0.4, 0.5) is 5.82 Å². The number of hydrogen-bond donors (Lipinski definition) is 1. The van der Waals surface area contributed by atoms with E-state index in [1.54, 1.807) is 0 Å². The fraction of sp³-hybridized carbons (Fsp3) is 0.250. The minimum Gasteiger partial charge on any atom is -0.463 e. The number of aryl methyl sites for hydroxylation is 2. The van der Waals surface area contributed by atoms with Crippen molar-refractivity contribution < 1.29 is 9.53 Å². The number of esters is 1. The number of ether oxygens (including phenoxy) is 1. The number of carbonyl (C=O) groups excluding carboxylic acids is 1. The molecule has 0 radical (unpaired) electrons. The zero-order valence-corrected chi connectivity index (χ0v) is 18.4. The molecule has 0 saturated heterocycles. The molecule has 1 aliphatic heterocycles. The van der Waals surface area contributed by atoms with Gasteiger partial charge in [-0.15, -0.1) is 12.4 Å². The maximum Gasteiger partial charge on any atom is 0.336 e. The molecule has 0 aliphatic carbocycles. The molecule has 0 saturated carbocycles. The van der Waals surface area contributed by atoms with Gasteiger partial charge < -0.3 is 10.1 Å². The van der Waals surface area contributed by atoms with E-state index in [1.807, 2.05) is 68.0 Å². The molecule has 0 bridgehead atoms. The highest BCUT2D eigenvalue weighted by Gasteiger charge is 2.38. The second kappa shape index (κ2) is 8.76. The van der Waals surface area contributed by atoms with Gasteiger partial charge in [0, 0.05) is 29.8 Å². The third-order valence-electron chi connectivity index (χ3n) is 5.41. The fourth-order valence-corrected chi connectivity index (χ4v) is 4.08. The van der Waals surface area contributed by atoms with Crippen LogP contribution in [0.15, 0.2) is 65.9 Å². The Hall–Kier alpha value is -3.05. The third-order valence-corrected chi connectivity index (χ3v) is 5.41. The Morgan fingerprint density at radius 2 is 1.77 bits per heavy atom. The number of halogens is 1. The number of nitrogens with zero attached hydrogens (tertiary/aromatic N) is 2. The molecule has 1 unspecified atom stereocenters. The average Bonchev–Trinajstić information content (AvgIpc) is 3.04.